The number of ether oxygens (including phenoxy) is 2. The predicted octanol–water partition coefficient (Wildman–Crippen LogP) is 3.24. The van der Waals surface area contributed by atoms with Crippen LogP contribution >= 0.6 is 0 Å². The van der Waals surface area contributed by atoms with Crippen molar-refractivity contribution in [3.05, 3.63) is 23.4 Å². The molecule has 0 radical (unpaired) electrons. The highest BCUT2D eigenvalue weighted by Gasteiger charge is 2.21. The van der Waals surface area contributed by atoms with Gasteiger partial charge in [0.1, 0.15) is 5.75 Å². The van der Waals surface area contributed by atoms with Gasteiger partial charge in [-0.3, -0.25) is 0 Å². The monoisotopic (exact) mass is 387 g/mol. The maximum atomic E-state index is 6.19. The number of fused-ring (bicyclic) bond motifs is 1. The van der Waals surface area contributed by atoms with Crippen molar-refractivity contribution in [2.24, 2.45) is 11.8 Å². The molecule has 2 aliphatic heterocycles. The lowest BCUT2D eigenvalue weighted by Gasteiger charge is -2.21. The summed E-state index contributed by atoms with van der Waals surface area (Å²) in [6.07, 6.45) is 5.79. The summed E-state index contributed by atoms with van der Waals surface area (Å²) >= 11 is 0. The van der Waals surface area contributed by atoms with Gasteiger partial charge in [-0.05, 0) is 77.3 Å². The van der Waals surface area contributed by atoms with Crippen LogP contribution in [0.4, 0.5) is 0 Å². The van der Waals surface area contributed by atoms with Crippen LogP contribution in [0.3, 0.4) is 0 Å². The number of nitrogens with one attached hydrogen (secondary N) is 1. The average Bonchev–Trinajstić information content (AvgIpc) is 3.36. The van der Waals surface area contributed by atoms with Gasteiger partial charge < -0.3 is 24.2 Å². The Labute approximate surface area is 167 Å². The van der Waals surface area contributed by atoms with Crippen molar-refractivity contribution in [3.63, 3.8) is 0 Å². The van der Waals surface area contributed by atoms with E-state index in [1.165, 1.54) is 19.3 Å². The molecule has 28 heavy (non-hydrogen) atoms. The van der Waals surface area contributed by atoms with E-state index in [0.717, 1.165) is 79.6 Å². The lowest BCUT2D eigenvalue weighted by molar-refractivity contribution is 0.166. The van der Waals surface area contributed by atoms with E-state index in [0.29, 0.717) is 12.5 Å². The van der Waals surface area contributed by atoms with Crippen LogP contribution in [0, 0.1) is 11.8 Å². The number of piperidine rings is 1. The first-order chi connectivity index (χ1) is 13.7. The number of hydrogen-bond acceptors (Lipinski definition) is 6. The lowest BCUT2D eigenvalue weighted by Crippen LogP contribution is -2.27. The first-order valence-corrected chi connectivity index (χ1v) is 10.7. The molecule has 1 aromatic heterocycles. The predicted molar refractivity (Wildman–Crippen MR) is 110 cm³/mol. The summed E-state index contributed by atoms with van der Waals surface area (Å²) < 4.78 is 17.5. The summed E-state index contributed by atoms with van der Waals surface area (Å²) in [5.74, 6) is 2.19. The number of aromatic nitrogens is 1. The van der Waals surface area contributed by atoms with Gasteiger partial charge in [-0.2, -0.15) is 0 Å². The molecular formula is C22H33N3O3. The maximum absolute atomic E-state index is 6.19. The Kier molecular flexibility index (Phi) is 6.50. The molecule has 0 spiro atoms. The first-order valence-electron chi connectivity index (χ1n) is 10.7. The second-order valence-electron chi connectivity index (χ2n) is 8.56. The smallest absolute Gasteiger partial charge is 0.175 e. The van der Waals surface area contributed by atoms with E-state index in [1.807, 2.05) is 0 Å². The number of aryl methyl sites for hydroxylation is 1. The third-order valence-corrected chi connectivity index (χ3v) is 6.00. The minimum absolute atomic E-state index is 0.484. The highest BCUT2D eigenvalue weighted by molar-refractivity contribution is 5.84. The second kappa shape index (κ2) is 9.25. The molecule has 0 aliphatic carbocycles. The van der Waals surface area contributed by atoms with Crippen LogP contribution in [-0.2, 0) is 17.7 Å². The molecule has 1 atom stereocenters. The Morgan fingerprint density at radius 1 is 1.18 bits per heavy atom. The van der Waals surface area contributed by atoms with Gasteiger partial charge in [0.25, 0.3) is 0 Å². The molecule has 6 nitrogen and oxygen atoms in total. The van der Waals surface area contributed by atoms with Gasteiger partial charge in [0.05, 0.1) is 24.5 Å². The molecule has 2 aromatic rings. The minimum atomic E-state index is 0.484. The maximum Gasteiger partial charge on any atom is 0.175 e. The van der Waals surface area contributed by atoms with E-state index in [-0.39, 0.29) is 0 Å². The van der Waals surface area contributed by atoms with E-state index in [4.69, 9.17) is 14.0 Å². The SMILES string of the molecule is CN(C)Cc1c(OCC2CCOC2)ccc2c(CCC3CCNCC3)noc12. The van der Waals surface area contributed by atoms with Crippen molar-refractivity contribution in [2.75, 3.05) is 47.0 Å². The molecule has 1 unspecified atom stereocenters. The van der Waals surface area contributed by atoms with Gasteiger partial charge in [0, 0.05) is 24.5 Å². The molecule has 2 saturated heterocycles. The van der Waals surface area contributed by atoms with Crippen molar-refractivity contribution in [3.8, 4) is 5.75 Å². The van der Waals surface area contributed by atoms with Crippen LogP contribution in [0.5, 0.6) is 5.75 Å². The third-order valence-electron chi connectivity index (χ3n) is 6.00. The van der Waals surface area contributed by atoms with Crippen LogP contribution in [-0.4, -0.2) is 57.1 Å². The molecular weight excluding hydrogens is 354 g/mol. The number of benzene rings is 1. The van der Waals surface area contributed by atoms with E-state index in [1.54, 1.807) is 0 Å². The molecule has 3 heterocycles. The molecule has 6 heteroatoms. The zero-order valence-electron chi connectivity index (χ0n) is 17.2. The molecule has 0 bridgehead atoms. The van der Waals surface area contributed by atoms with Crippen molar-refractivity contribution >= 4 is 11.0 Å². The van der Waals surface area contributed by atoms with E-state index in [9.17, 15) is 0 Å². The first kappa shape index (κ1) is 19.7. The Hall–Kier alpha value is -1.63. The van der Waals surface area contributed by atoms with E-state index >= 15 is 0 Å². The summed E-state index contributed by atoms with van der Waals surface area (Å²) in [7, 11) is 4.14. The normalized spacial score (nSPS) is 21.0. The van der Waals surface area contributed by atoms with Crippen molar-refractivity contribution < 1.29 is 14.0 Å². The zero-order valence-corrected chi connectivity index (χ0v) is 17.2. The fraction of sp³-hybridized carbons (Fsp3) is 0.682. The highest BCUT2D eigenvalue weighted by atomic mass is 16.5. The van der Waals surface area contributed by atoms with Gasteiger partial charge in [0.15, 0.2) is 5.58 Å². The van der Waals surface area contributed by atoms with Gasteiger partial charge in [-0.25, -0.2) is 0 Å². The number of rotatable bonds is 8. The van der Waals surface area contributed by atoms with Crippen LogP contribution in [0.15, 0.2) is 16.7 Å². The summed E-state index contributed by atoms with van der Waals surface area (Å²) in [4.78, 5) is 2.15. The minimum Gasteiger partial charge on any atom is -0.493 e. The fourth-order valence-corrected chi connectivity index (χ4v) is 4.31. The Morgan fingerprint density at radius 2 is 2.04 bits per heavy atom. The molecule has 1 aromatic carbocycles. The fourth-order valence-electron chi connectivity index (χ4n) is 4.31. The summed E-state index contributed by atoms with van der Waals surface area (Å²) in [5, 5.41) is 9.02. The topological polar surface area (TPSA) is 59.8 Å². The zero-order chi connectivity index (χ0) is 19.3. The third kappa shape index (κ3) is 4.67. The lowest BCUT2D eigenvalue weighted by atomic mass is 9.92. The molecule has 2 fully saturated rings. The molecule has 0 saturated carbocycles. The van der Waals surface area contributed by atoms with Crippen molar-refractivity contribution in [1.29, 1.82) is 0 Å². The van der Waals surface area contributed by atoms with Gasteiger partial charge >= 0.3 is 0 Å². The Morgan fingerprint density at radius 3 is 2.79 bits per heavy atom. The molecule has 4 rings (SSSR count). The molecule has 2 aliphatic rings. The second-order valence-corrected chi connectivity index (χ2v) is 8.56. The summed E-state index contributed by atoms with van der Waals surface area (Å²) in [6, 6.07) is 4.23. The highest BCUT2D eigenvalue weighted by Crippen LogP contribution is 2.33. The van der Waals surface area contributed by atoms with Gasteiger partial charge in [-0.1, -0.05) is 5.16 Å². The van der Waals surface area contributed by atoms with Crippen LogP contribution in [0.1, 0.15) is 36.9 Å². The Balaban J connectivity index is 1.51. The summed E-state index contributed by atoms with van der Waals surface area (Å²) in [5.41, 5.74) is 3.07. The molecule has 0 amide bonds. The average molecular weight is 388 g/mol. The van der Waals surface area contributed by atoms with E-state index in [2.05, 4.69) is 41.6 Å². The number of hydrogen-bond donors (Lipinski definition) is 1. The van der Waals surface area contributed by atoms with Crippen LogP contribution in [0.2, 0.25) is 0 Å². The van der Waals surface area contributed by atoms with Crippen LogP contribution in [0.25, 0.3) is 11.0 Å². The largest absolute Gasteiger partial charge is 0.493 e. The Bertz CT molecular complexity index is 762. The summed E-state index contributed by atoms with van der Waals surface area (Å²) in [6.45, 7) is 5.40. The molecule has 1 N–H and O–H groups in total. The van der Waals surface area contributed by atoms with Gasteiger partial charge in [0.2, 0.25) is 0 Å². The quantitative estimate of drug-likeness (QED) is 0.750. The van der Waals surface area contributed by atoms with E-state index < -0.39 is 0 Å². The van der Waals surface area contributed by atoms with Gasteiger partial charge in [-0.15, -0.1) is 0 Å². The number of nitrogens with zero attached hydrogens (tertiary/aromatic N) is 2. The van der Waals surface area contributed by atoms with Crippen LogP contribution < -0.4 is 10.1 Å². The van der Waals surface area contributed by atoms with Crippen molar-refractivity contribution in [1.82, 2.24) is 15.4 Å². The molecule has 154 valence electrons. The van der Waals surface area contributed by atoms with Crippen molar-refractivity contribution in [2.45, 2.75) is 38.6 Å². The standard InChI is InChI=1S/C22H33N3O3/c1-25(2)13-19-21(27-15-17-9-12-26-14-17)6-4-18-20(24-28-22(18)19)5-3-16-7-10-23-11-8-16/h4,6,16-17,23H,3,5,7-15H2,1-2H3.